The highest BCUT2D eigenvalue weighted by Gasteiger charge is 2.19. The van der Waals surface area contributed by atoms with E-state index < -0.39 is 215 Å². The van der Waals surface area contributed by atoms with Crippen molar-refractivity contribution >= 4 is 65.0 Å². The molecule has 9 aromatic rings. The summed E-state index contributed by atoms with van der Waals surface area (Å²) >= 11 is 0. The van der Waals surface area contributed by atoms with Gasteiger partial charge in [-0.1, -0.05) is 121 Å². The van der Waals surface area contributed by atoms with Crippen LogP contribution in [0.3, 0.4) is 0 Å². The molecule has 0 atom stereocenters. The van der Waals surface area contributed by atoms with Crippen LogP contribution in [0.1, 0.15) is 31.5 Å². The molecule has 0 aliphatic carbocycles. The van der Waals surface area contributed by atoms with E-state index in [2.05, 4.69) is 0 Å². The van der Waals surface area contributed by atoms with Crippen LogP contribution in [0.2, 0.25) is 0 Å². The fourth-order valence-electron chi connectivity index (χ4n) is 5.18. The zero-order valence-corrected chi connectivity index (χ0v) is 20.5. The van der Waals surface area contributed by atoms with Crippen LogP contribution in [-0.4, -0.2) is 0 Å². The van der Waals surface area contributed by atoms with Crippen LogP contribution in [0.25, 0.3) is 87.3 Å². The second-order valence-corrected chi connectivity index (χ2v) is 9.09. The Hall–Kier alpha value is -5.40. The van der Waals surface area contributed by atoms with E-state index in [0.717, 1.165) is 6.07 Å². The van der Waals surface area contributed by atoms with Crippen molar-refractivity contribution in [3.63, 3.8) is 0 Å². The molecule has 1 heteroatoms. The van der Waals surface area contributed by atoms with Gasteiger partial charge in [-0.3, -0.25) is 0 Å². The van der Waals surface area contributed by atoms with E-state index in [1.54, 1.807) is 0 Å². The normalized spacial score (nSPS) is 19.8. The Morgan fingerprint density at radius 1 is 0.390 bits per heavy atom. The lowest BCUT2D eigenvalue weighted by Crippen LogP contribution is -1.91. The molecule has 0 aliphatic rings. The standard InChI is InChI=1S/C40H24O/c1-2-12-27-24-38-36(22-26(27)11-1)35-23-28(20-21-37(35)41-38)39-31-15-5-7-17-33(31)40(34-18-8-6-16-32(34)39)30-19-9-13-25-10-3-4-14-29(25)30/h1-24H/i1D,2D,3D,4D,5D,6D,7D,8D,9D,10D,11D,12D,13D,14D,15D,16D,17D,19D,20D,21D,22D,23D,24D. The molecule has 0 fully saturated rings. The van der Waals surface area contributed by atoms with Crippen LogP contribution >= 0.6 is 0 Å². The summed E-state index contributed by atoms with van der Waals surface area (Å²) in [7, 11) is 0. The largest absolute Gasteiger partial charge is 0.456 e. The Balaban J connectivity index is 1.62. The summed E-state index contributed by atoms with van der Waals surface area (Å²) in [6.07, 6.45) is 0. The van der Waals surface area contributed by atoms with Gasteiger partial charge in [0.05, 0.1) is 31.5 Å². The lowest BCUT2D eigenvalue weighted by Gasteiger charge is -2.18. The van der Waals surface area contributed by atoms with Crippen molar-refractivity contribution in [1.29, 1.82) is 0 Å². The molecule has 0 bridgehead atoms. The molecule has 41 heavy (non-hydrogen) atoms. The van der Waals surface area contributed by atoms with Crippen molar-refractivity contribution in [1.82, 2.24) is 0 Å². The fraction of sp³-hybridized carbons (Fsp3) is 0. The average Bonchev–Trinajstić information content (AvgIpc) is 3.68. The molecule has 0 saturated heterocycles. The molecule has 0 aliphatic heterocycles. The van der Waals surface area contributed by atoms with Crippen molar-refractivity contribution < 1.29 is 35.9 Å². The van der Waals surface area contributed by atoms with Gasteiger partial charge in [0, 0.05) is 10.8 Å². The fourth-order valence-corrected chi connectivity index (χ4v) is 5.18. The van der Waals surface area contributed by atoms with Gasteiger partial charge in [0.2, 0.25) is 0 Å². The molecular weight excluding hydrogens is 496 g/mol. The first-order valence-corrected chi connectivity index (χ1v) is 12.2. The number of fused-ring (bicyclic) bond motifs is 7. The Bertz CT molecular complexity index is 3750. The maximum absolute atomic E-state index is 9.75. The SMILES string of the molecule is [2H]c1cc2c(-c3c([2H])c([2H])c([2H])c4c([2H])c([2H])c([2H])c([2H])c34)c3c([2H])c([2H])c([2H])c([2H])c3c(-c3c([2H])c([2H])c4oc5c([2H])c6c([2H])c([2H])c([2H])c([2H])c6c([2H])c5c4c3[2H])c2c([2H])c1[2H]. The molecule has 0 spiro atoms. The molecule has 8 aromatic carbocycles. The number of furan rings is 1. The summed E-state index contributed by atoms with van der Waals surface area (Å²) in [4.78, 5) is 0. The van der Waals surface area contributed by atoms with Gasteiger partial charge in [-0.15, -0.1) is 0 Å². The highest BCUT2D eigenvalue weighted by atomic mass is 16.3. The van der Waals surface area contributed by atoms with Gasteiger partial charge in [0.15, 0.2) is 0 Å². The predicted molar refractivity (Wildman–Crippen MR) is 175 cm³/mol. The maximum atomic E-state index is 9.75. The number of benzene rings is 8. The lowest BCUT2D eigenvalue weighted by atomic mass is 9.84. The topological polar surface area (TPSA) is 13.1 Å². The van der Waals surface area contributed by atoms with E-state index in [1.165, 1.54) is 0 Å². The highest BCUT2D eigenvalue weighted by molar-refractivity contribution is 6.24. The molecular formula is C40H24O. The summed E-state index contributed by atoms with van der Waals surface area (Å²) in [5.41, 5.74) is -3.23. The van der Waals surface area contributed by atoms with Gasteiger partial charge in [-0.05, 0) is 89.5 Å². The van der Waals surface area contributed by atoms with E-state index in [9.17, 15) is 11.0 Å². The van der Waals surface area contributed by atoms with Gasteiger partial charge < -0.3 is 4.42 Å². The van der Waals surface area contributed by atoms with E-state index >= 15 is 0 Å². The van der Waals surface area contributed by atoms with Crippen LogP contribution < -0.4 is 0 Å². The molecule has 9 rings (SSSR count). The van der Waals surface area contributed by atoms with Crippen molar-refractivity contribution in [3.8, 4) is 22.3 Å². The van der Waals surface area contributed by atoms with Gasteiger partial charge in [0.25, 0.3) is 0 Å². The molecule has 190 valence electrons. The Labute approximate surface area is 269 Å². The monoisotopic (exact) mass is 543 g/mol. The predicted octanol–water partition coefficient (Wildman–Crippen LogP) is 11.5. The van der Waals surface area contributed by atoms with Gasteiger partial charge >= 0.3 is 0 Å². The molecule has 1 aromatic heterocycles. The highest BCUT2D eigenvalue weighted by Crippen LogP contribution is 2.46. The minimum atomic E-state index is -0.897. The first-order chi connectivity index (χ1) is 29.9. The Morgan fingerprint density at radius 2 is 1.00 bits per heavy atom. The molecule has 0 N–H and O–H groups in total. The summed E-state index contributed by atoms with van der Waals surface area (Å²) in [5.74, 6) is 0. The third-order valence-corrected chi connectivity index (χ3v) is 6.90. The van der Waals surface area contributed by atoms with Gasteiger partial charge in [-0.2, -0.15) is 0 Å². The minimum absolute atomic E-state index is 0.378. The van der Waals surface area contributed by atoms with Crippen LogP contribution in [0.4, 0.5) is 0 Å². The molecule has 1 heterocycles. The van der Waals surface area contributed by atoms with Crippen molar-refractivity contribution in [3.05, 3.63) is 145 Å². The smallest absolute Gasteiger partial charge is 0.136 e. The number of hydrogen-bond acceptors (Lipinski definition) is 1. The van der Waals surface area contributed by atoms with Crippen LogP contribution in [-0.2, 0) is 0 Å². The van der Waals surface area contributed by atoms with Crippen molar-refractivity contribution in [2.45, 2.75) is 0 Å². The molecule has 0 unspecified atom stereocenters. The van der Waals surface area contributed by atoms with E-state index in [4.69, 9.17) is 25.0 Å². The Morgan fingerprint density at radius 3 is 1.83 bits per heavy atom. The first-order valence-electron chi connectivity index (χ1n) is 23.7. The second-order valence-electron chi connectivity index (χ2n) is 9.09. The molecule has 1 nitrogen and oxygen atoms in total. The summed E-state index contributed by atoms with van der Waals surface area (Å²) in [5, 5.41) is -4.71. The quantitative estimate of drug-likeness (QED) is 0.198. The Kier molecular flexibility index (Phi) is 2.00. The van der Waals surface area contributed by atoms with E-state index in [1.807, 2.05) is 0 Å². The lowest BCUT2D eigenvalue weighted by molar-refractivity contribution is 0.669. The maximum Gasteiger partial charge on any atom is 0.136 e. The van der Waals surface area contributed by atoms with Gasteiger partial charge in [-0.25, -0.2) is 0 Å². The first kappa shape index (κ1) is 9.61. The average molecular weight is 544 g/mol. The molecule has 0 amide bonds. The number of hydrogen-bond donors (Lipinski definition) is 0. The van der Waals surface area contributed by atoms with Crippen LogP contribution in [0.5, 0.6) is 0 Å². The summed E-state index contributed by atoms with van der Waals surface area (Å²) < 4.78 is 210. The van der Waals surface area contributed by atoms with Crippen molar-refractivity contribution in [2.75, 3.05) is 0 Å². The molecule has 0 saturated carbocycles. The third kappa shape index (κ3) is 3.30. The zero-order valence-electron chi connectivity index (χ0n) is 43.5. The minimum Gasteiger partial charge on any atom is -0.456 e. The van der Waals surface area contributed by atoms with E-state index in [0.29, 0.717) is 0 Å². The number of rotatable bonds is 2. The van der Waals surface area contributed by atoms with Crippen LogP contribution in [0.15, 0.2) is 149 Å². The van der Waals surface area contributed by atoms with Crippen LogP contribution in [0, 0.1) is 0 Å². The third-order valence-electron chi connectivity index (χ3n) is 6.90. The summed E-state index contributed by atoms with van der Waals surface area (Å²) in [6, 6.07) is -17.0. The van der Waals surface area contributed by atoms with E-state index in [-0.39, 0.29) is 10.8 Å². The summed E-state index contributed by atoms with van der Waals surface area (Å²) in [6.45, 7) is 0. The van der Waals surface area contributed by atoms with Crippen molar-refractivity contribution in [2.24, 2.45) is 0 Å². The zero-order chi connectivity index (χ0) is 46.9. The van der Waals surface area contributed by atoms with Gasteiger partial charge in [0.1, 0.15) is 11.2 Å². The second kappa shape index (κ2) is 8.55. The molecule has 0 radical (unpaired) electrons.